The van der Waals surface area contributed by atoms with Crippen LogP contribution in [0.15, 0.2) is 72.8 Å². The number of hydrogen-bond acceptors (Lipinski definition) is 5. The highest BCUT2D eigenvalue weighted by molar-refractivity contribution is 6.44. The van der Waals surface area contributed by atoms with E-state index in [9.17, 15) is 19.2 Å². The average Bonchev–Trinajstić information content (AvgIpc) is 3.41. The Morgan fingerprint density at radius 1 is 0.921 bits per heavy atom. The van der Waals surface area contributed by atoms with E-state index in [1.807, 2.05) is 74.6 Å². The number of hydrogen-bond donors (Lipinski definition) is 3. The highest BCUT2D eigenvalue weighted by Gasteiger charge is 2.36. The minimum atomic E-state index is -0.947. The van der Waals surface area contributed by atoms with Gasteiger partial charge in [-0.1, -0.05) is 69.3 Å². The van der Waals surface area contributed by atoms with Crippen LogP contribution in [0.4, 0.5) is 21.1 Å². The van der Waals surface area contributed by atoms with Gasteiger partial charge in [0, 0.05) is 16.9 Å². The molecule has 1 aliphatic rings. The van der Waals surface area contributed by atoms with Crippen molar-refractivity contribution in [1.82, 2.24) is 20.0 Å². The van der Waals surface area contributed by atoms with Crippen molar-refractivity contribution < 1.29 is 19.2 Å². The molecule has 3 N–H and O–H groups in total. The Morgan fingerprint density at radius 2 is 1.66 bits per heavy atom. The molecule has 1 aliphatic heterocycles. The highest BCUT2D eigenvalue weighted by atomic mass is 16.2. The monoisotopic (exact) mass is 510 g/mol. The van der Waals surface area contributed by atoms with E-state index in [2.05, 4.69) is 10.6 Å². The van der Waals surface area contributed by atoms with E-state index in [1.54, 1.807) is 28.9 Å². The third-order valence-electron chi connectivity index (χ3n) is 6.16. The molecule has 1 aromatic heterocycles. The lowest BCUT2D eigenvalue weighted by Gasteiger charge is -2.15. The van der Waals surface area contributed by atoms with Gasteiger partial charge in [0.25, 0.3) is 0 Å². The molecule has 4 aromatic rings. The molecule has 192 valence electrons. The fourth-order valence-corrected chi connectivity index (χ4v) is 4.18. The first kappa shape index (κ1) is 24.7. The lowest BCUT2D eigenvalue weighted by molar-refractivity contribution is -0.140. The molecule has 6 amide bonds. The van der Waals surface area contributed by atoms with Gasteiger partial charge in [0.15, 0.2) is 0 Å². The predicted octanol–water partition coefficient (Wildman–Crippen LogP) is 4.55. The van der Waals surface area contributed by atoms with Gasteiger partial charge in [0.1, 0.15) is 5.82 Å². The summed E-state index contributed by atoms with van der Waals surface area (Å²) >= 11 is 0. The molecule has 38 heavy (non-hydrogen) atoms. The molecule has 2 heterocycles. The maximum Gasteiger partial charge on any atom is 0.331 e. The third-order valence-corrected chi connectivity index (χ3v) is 6.16. The Bertz CT molecular complexity index is 1600. The van der Waals surface area contributed by atoms with Gasteiger partial charge in [-0.15, -0.1) is 0 Å². The summed E-state index contributed by atoms with van der Waals surface area (Å²) in [7, 11) is 0. The van der Waals surface area contributed by atoms with Gasteiger partial charge < -0.3 is 5.32 Å². The number of benzene rings is 3. The highest BCUT2D eigenvalue weighted by Crippen LogP contribution is 2.28. The largest absolute Gasteiger partial charge is 0.331 e. The number of carbonyl (C=O) groups excluding carboxylic acids is 4. The van der Waals surface area contributed by atoms with Gasteiger partial charge in [0.05, 0.1) is 23.6 Å². The second-order valence-corrected chi connectivity index (χ2v) is 10.0. The van der Waals surface area contributed by atoms with Crippen LogP contribution in [0.3, 0.4) is 0 Å². The Labute approximate surface area is 218 Å². The maximum absolute atomic E-state index is 13.1. The van der Waals surface area contributed by atoms with Gasteiger partial charge in [-0.25, -0.2) is 14.3 Å². The van der Waals surface area contributed by atoms with Crippen LogP contribution in [0, 0.1) is 0 Å². The molecule has 5 rings (SSSR count). The fourth-order valence-electron chi connectivity index (χ4n) is 4.18. The second-order valence-electron chi connectivity index (χ2n) is 10.0. The van der Waals surface area contributed by atoms with Gasteiger partial charge in [-0.3, -0.25) is 25.1 Å². The van der Waals surface area contributed by atoms with Crippen LogP contribution in [0.25, 0.3) is 16.5 Å². The lowest BCUT2D eigenvalue weighted by atomic mass is 9.92. The molecule has 0 atom stereocenters. The third kappa shape index (κ3) is 4.83. The Balaban J connectivity index is 1.44. The minimum absolute atomic E-state index is 0.0814. The molecule has 1 saturated heterocycles. The summed E-state index contributed by atoms with van der Waals surface area (Å²) in [5.41, 5.74) is 2.35. The smallest absolute Gasteiger partial charge is 0.307 e. The van der Waals surface area contributed by atoms with Crippen LogP contribution < -0.4 is 16.0 Å². The maximum atomic E-state index is 13.1. The predicted molar refractivity (Wildman–Crippen MR) is 143 cm³/mol. The summed E-state index contributed by atoms with van der Waals surface area (Å²) < 4.78 is 1.60. The van der Waals surface area contributed by atoms with Crippen molar-refractivity contribution in [3.8, 4) is 5.69 Å². The number of carbonyl (C=O) groups is 4. The summed E-state index contributed by atoms with van der Waals surface area (Å²) in [6, 6.07) is 21.1. The summed E-state index contributed by atoms with van der Waals surface area (Å²) in [6.07, 6.45) is 0. The van der Waals surface area contributed by atoms with Gasteiger partial charge in [-0.05, 0) is 29.1 Å². The van der Waals surface area contributed by atoms with E-state index in [0.29, 0.717) is 22.8 Å². The number of anilines is 2. The Morgan fingerprint density at radius 3 is 2.39 bits per heavy atom. The molecule has 0 spiro atoms. The molecular weight excluding hydrogens is 484 g/mol. The molecule has 10 heteroatoms. The molecule has 0 aliphatic carbocycles. The van der Waals surface area contributed by atoms with Gasteiger partial charge >= 0.3 is 23.9 Å². The van der Waals surface area contributed by atoms with Crippen molar-refractivity contribution in [2.45, 2.75) is 32.7 Å². The number of imide groups is 2. The van der Waals surface area contributed by atoms with Gasteiger partial charge in [0.2, 0.25) is 0 Å². The van der Waals surface area contributed by atoms with Crippen molar-refractivity contribution in [2.75, 3.05) is 10.6 Å². The van der Waals surface area contributed by atoms with Crippen molar-refractivity contribution in [3.05, 3.63) is 84.1 Å². The number of nitrogens with one attached hydrogen (secondary N) is 3. The minimum Gasteiger partial charge on any atom is -0.307 e. The molecule has 0 unspecified atom stereocenters. The quantitative estimate of drug-likeness (QED) is 0.268. The zero-order valence-electron chi connectivity index (χ0n) is 21.1. The van der Waals surface area contributed by atoms with E-state index in [0.717, 1.165) is 21.4 Å². The molecular formula is C28H26N6O4. The van der Waals surface area contributed by atoms with Crippen LogP contribution in [0.5, 0.6) is 0 Å². The normalized spacial score (nSPS) is 13.7. The standard InChI is InChI=1S/C28H26N6O4/c1-28(2,3)22-15-23(30-26(37)29-21-13-7-10-18-9-4-5-12-20(18)21)34(32-22)19-11-6-8-17(14-19)16-33-25(36)24(35)31-27(33)38/h4-15H,16H2,1-3H3,(H2,29,30,37)(H,31,35,38). The molecule has 3 aromatic carbocycles. The zero-order chi connectivity index (χ0) is 27.0. The fraction of sp³-hybridized carbons (Fsp3) is 0.179. The van der Waals surface area contributed by atoms with E-state index in [-0.39, 0.29) is 12.0 Å². The zero-order valence-corrected chi connectivity index (χ0v) is 21.1. The SMILES string of the molecule is CC(C)(C)c1cc(NC(=O)Nc2cccc3ccccc23)n(-c2cccc(CN3C(=O)NC(=O)C3=O)c2)n1. The van der Waals surface area contributed by atoms with Crippen LogP contribution >= 0.6 is 0 Å². The number of rotatable bonds is 5. The van der Waals surface area contributed by atoms with Crippen LogP contribution in [-0.2, 0) is 21.5 Å². The number of nitrogens with zero attached hydrogens (tertiary/aromatic N) is 3. The van der Waals surface area contributed by atoms with Crippen LogP contribution in [0.1, 0.15) is 32.0 Å². The van der Waals surface area contributed by atoms with Crippen molar-refractivity contribution in [1.29, 1.82) is 0 Å². The summed E-state index contributed by atoms with van der Waals surface area (Å²) in [5, 5.41) is 14.5. The second kappa shape index (κ2) is 9.47. The molecule has 0 saturated carbocycles. The number of fused-ring (bicyclic) bond motifs is 1. The van der Waals surface area contributed by atoms with Crippen LogP contribution in [0.2, 0.25) is 0 Å². The Kier molecular flexibility index (Phi) is 6.15. The van der Waals surface area contributed by atoms with Crippen molar-refractivity contribution in [3.63, 3.8) is 0 Å². The van der Waals surface area contributed by atoms with E-state index in [4.69, 9.17) is 5.10 Å². The van der Waals surface area contributed by atoms with Crippen molar-refractivity contribution >= 4 is 46.2 Å². The first-order valence-corrected chi connectivity index (χ1v) is 12.0. The van der Waals surface area contributed by atoms with E-state index >= 15 is 0 Å². The van der Waals surface area contributed by atoms with E-state index < -0.39 is 23.9 Å². The Hall–Kier alpha value is -4.99. The lowest BCUT2D eigenvalue weighted by Crippen LogP contribution is -2.30. The van der Waals surface area contributed by atoms with Crippen LogP contribution in [-0.4, -0.2) is 38.6 Å². The average molecular weight is 511 g/mol. The number of urea groups is 2. The number of amides is 6. The van der Waals surface area contributed by atoms with Crippen molar-refractivity contribution in [2.24, 2.45) is 0 Å². The van der Waals surface area contributed by atoms with Gasteiger partial charge in [-0.2, -0.15) is 5.10 Å². The summed E-state index contributed by atoms with van der Waals surface area (Å²) in [6.45, 7) is 5.97. The first-order valence-electron chi connectivity index (χ1n) is 12.0. The topological polar surface area (TPSA) is 125 Å². The first-order chi connectivity index (χ1) is 18.1. The molecule has 10 nitrogen and oxygen atoms in total. The molecule has 0 radical (unpaired) electrons. The molecule has 0 bridgehead atoms. The number of aromatic nitrogens is 2. The summed E-state index contributed by atoms with van der Waals surface area (Å²) in [5.74, 6) is -1.41. The molecule has 1 fully saturated rings. The summed E-state index contributed by atoms with van der Waals surface area (Å²) in [4.78, 5) is 49.5. The van der Waals surface area contributed by atoms with E-state index in [1.165, 1.54) is 0 Å².